The van der Waals surface area contributed by atoms with E-state index in [0.717, 1.165) is 25.9 Å². The van der Waals surface area contributed by atoms with Crippen LogP contribution < -0.4 is 0 Å². The third-order valence-electron chi connectivity index (χ3n) is 9.96. The van der Waals surface area contributed by atoms with Crippen LogP contribution in [-0.4, -0.2) is 171 Å². The molecule has 0 radical (unpaired) electrons. The zero-order valence-electron chi connectivity index (χ0n) is 40.7. The first kappa shape index (κ1) is 62.0. The first-order valence-electron chi connectivity index (χ1n) is 25.4. The lowest BCUT2D eigenvalue weighted by atomic mass is 10.0. The van der Waals surface area contributed by atoms with Crippen molar-refractivity contribution < 1.29 is 66.4 Å². The average molecular weight is 911 g/mol. The standard InChI is InChI=1S/C49H98O14/c1-3-5-7-9-10-11-12-13-14-15-16-17-18-19-21-23-49(50)63-48-47-62-46-45-61-44-43-60-42-41-59-40-39-58-38-37-57-36-35-56-34-33-55-32-31-54-30-29-53-28-27-52-26-25-51-24-22-20-8-6-4-2/h3-48H2,1-2H3. The second-order valence-corrected chi connectivity index (χ2v) is 15.7. The molecule has 14 nitrogen and oxygen atoms in total. The lowest BCUT2D eigenvalue weighted by Crippen LogP contribution is -2.15. The minimum absolute atomic E-state index is 0.130. The van der Waals surface area contributed by atoms with E-state index in [-0.39, 0.29) is 12.6 Å². The van der Waals surface area contributed by atoms with Gasteiger partial charge >= 0.3 is 5.97 Å². The summed E-state index contributed by atoms with van der Waals surface area (Å²) in [5, 5.41) is 0. The van der Waals surface area contributed by atoms with Crippen molar-refractivity contribution in [2.45, 2.75) is 149 Å². The van der Waals surface area contributed by atoms with Gasteiger partial charge in [-0.15, -0.1) is 0 Å². The highest BCUT2D eigenvalue weighted by Crippen LogP contribution is 2.14. The van der Waals surface area contributed by atoms with Crippen LogP contribution in [0.15, 0.2) is 0 Å². The van der Waals surface area contributed by atoms with Gasteiger partial charge in [0.05, 0.1) is 152 Å². The van der Waals surface area contributed by atoms with Crippen molar-refractivity contribution in [3.05, 3.63) is 0 Å². The van der Waals surface area contributed by atoms with E-state index in [2.05, 4.69) is 13.8 Å². The number of hydrogen-bond donors (Lipinski definition) is 0. The van der Waals surface area contributed by atoms with E-state index in [4.69, 9.17) is 61.6 Å². The van der Waals surface area contributed by atoms with Crippen molar-refractivity contribution in [1.29, 1.82) is 0 Å². The summed E-state index contributed by atoms with van der Waals surface area (Å²) >= 11 is 0. The molecule has 0 aromatic carbocycles. The number of hydrogen-bond acceptors (Lipinski definition) is 14. The molecule has 63 heavy (non-hydrogen) atoms. The van der Waals surface area contributed by atoms with Crippen molar-refractivity contribution in [1.82, 2.24) is 0 Å². The molecule has 0 rings (SSSR count). The smallest absolute Gasteiger partial charge is 0.305 e. The SMILES string of the molecule is CCCCCCCCCCCCCCCCCC(=O)OCCOCCOCCOCCOCCOCCOCCOCCOCCOCCOCCOCCOCCCCCCC. The van der Waals surface area contributed by atoms with E-state index >= 15 is 0 Å². The Kier molecular flexibility index (Phi) is 58.1. The van der Waals surface area contributed by atoms with Crippen LogP contribution in [0.3, 0.4) is 0 Å². The molecule has 0 heterocycles. The third kappa shape index (κ3) is 59.0. The number of carbonyl (C=O) groups is 1. The molecular formula is C49H98O14. The Hall–Kier alpha value is -1.01. The Morgan fingerprint density at radius 1 is 0.222 bits per heavy atom. The fourth-order valence-corrected chi connectivity index (χ4v) is 6.26. The Labute approximate surface area is 385 Å². The predicted molar refractivity (Wildman–Crippen MR) is 249 cm³/mol. The quantitative estimate of drug-likeness (QED) is 0.0424. The van der Waals surface area contributed by atoms with E-state index in [1.807, 2.05) is 0 Å². The van der Waals surface area contributed by atoms with E-state index < -0.39 is 0 Å². The van der Waals surface area contributed by atoms with Crippen LogP contribution in [0.2, 0.25) is 0 Å². The van der Waals surface area contributed by atoms with E-state index in [9.17, 15) is 4.79 Å². The van der Waals surface area contributed by atoms with Crippen LogP contribution in [0, 0.1) is 0 Å². The van der Waals surface area contributed by atoms with Crippen molar-refractivity contribution in [3.63, 3.8) is 0 Å². The summed E-state index contributed by atoms with van der Waals surface area (Å²) in [5.41, 5.74) is 0. The fourth-order valence-electron chi connectivity index (χ4n) is 6.26. The molecule has 0 bridgehead atoms. The van der Waals surface area contributed by atoms with Crippen LogP contribution in [0.25, 0.3) is 0 Å². The predicted octanol–water partition coefficient (Wildman–Crippen LogP) is 8.96. The molecule has 0 fully saturated rings. The van der Waals surface area contributed by atoms with Crippen molar-refractivity contribution in [3.8, 4) is 0 Å². The Balaban J connectivity index is 3.12. The topological polar surface area (TPSA) is 137 Å². The van der Waals surface area contributed by atoms with Gasteiger partial charge in [0.25, 0.3) is 0 Å². The molecule has 0 aliphatic carbocycles. The minimum atomic E-state index is -0.130. The molecule has 0 amide bonds. The lowest BCUT2D eigenvalue weighted by molar-refractivity contribution is -0.145. The molecule has 0 unspecified atom stereocenters. The van der Waals surface area contributed by atoms with Gasteiger partial charge in [0, 0.05) is 13.0 Å². The number of rotatable bonds is 58. The summed E-state index contributed by atoms with van der Waals surface area (Å²) in [6.45, 7) is 17.4. The third-order valence-corrected chi connectivity index (χ3v) is 9.96. The molecule has 0 atom stereocenters. The Morgan fingerprint density at radius 3 is 0.667 bits per heavy atom. The van der Waals surface area contributed by atoms with Crippen LogP contribution in [0.4, 0.5) is 0 Å². The molecule has 378 valence electrons. The highest BCUT2D eigenvalue weighted by Gasteiger charge is 2.03. The van der Waals surface area contributed by atoms with Gasteiger partial charge in [-0.2, -0.15) is 0 Å². The summed E-state index contributed by atoms with van der Waals surface area (Å²) in [7, 11) is 0. The minimum Gasteiger partial charge on any atom is -0.463 e. The molecule has 0 saturated carbocycles. The highest BCUT2D eigenvalue weighted by atomic mass is 16.6. The summed E-state index contributed by atoms with van der Waals surface area (Å²) in [6.07, 6.45) is 26.5. The molecule has 0 N–H and O–H groups in total. The molecular weight excluding hydrogens is 813 g/mol. The van der Waals surface area contributed by atoms with Gasteiger partial charge < -0.3 is 61.6 Å². The fraction of sp³-hybridized carbons (Fsp3) is 0.980. The lowest BCUT2D eigenvalue weighted by Gasteiger charge is -2.09. The second kappa shape index (κ2) is 59.0. The number of ether oxygens (including phenoxy) is 13. The van der Waals surface area contributed by atoms with Crippen LogP contribution in [0.5, 0.6) is 0 Å². The largest absolute Gasteiger partial charge is 0.463 e. The van der Waals surface area contributed by atoms with Crippen molar-refractivity contribution in [2.75, 3.05) is 165 Å². The summed E-state index contributed by atoms with van der Waals surface area (Å²) < 4.78 is 71.5. The number of carbonyl (C=O) groups excluding carboxylic acids is 1. The maximum Gasteiger partial charge on any atom is 0.305 e. The Bertz CT molecular complexity index is 827. The van der Waals surface area contributed by atoms with Gasteiger partial charge in [-0.1, -0.05) is 129 Å². The molecule has 0 aromatic heterocycles. The molecule has 0 spiro atoms. The van der Waals surface area contributed by atoms with E-state index in [1.165, 1.54) is 109 Å². The van der Waals surface area contributed by atoms with Gasteiger partial charge in [-0.3, -0.25) is 4.79 Å². The van der Waals surface area contributed by atoms with Gasteiger partial charge in [0.1, 0.15) is 6.61 Å². The van der Waals surface area contributed by atoms with Crippen molar-refractivity contribution >= 4 is 5.97 Å². The monoisotopic (exact) mass is 911 g/mol. The number of esters is 1. The second-order valence-electron chi connectivity index (χ2n) is 15.7. The molecule has 0 aliphatic rings. The normalized spacial score (nSPS) is 11.6. The van der Waals surface area contributed by atoms with E-state index in [1.54, 1.807) is 0 Å². The first-order chi connectivity index (χ1) is 31.3. The maximum atomic E-state index is 11.9. The summed E-state index contributed by atoms with van der Waals surface area (Å²) in [5.74, 6) is -0.130. The average Bonchev–Trinajstić information content (AvgIpc) is 3.29. The summed E-state index contributed by atoms with van der Waals surface area (Å²) in [4.78, 5) is 11.9. The highest BCUT2D eigenvalue weighted by molar-refractivity contribution is 5.69. The first-order valence-corrected chi connectivity index (χ1v) is 25.4. The Morgan fingerprint density at radius 2 is 0.413 bits per heavy atom. The molecule has 0 aromatic rings. The van der Waals surface area contributed by atoms with Gasteiger partial charge in [-0.05, 0) is 12.8 Å². The zero-order chi connectivity index (χ0) is 45.3. The number of unbranched alkanes of at least 4 members (excludes halogenated alkanes) is 18. The van der Waals surface area contributed by atoms with Crippen LogP contribution in [-0.2, 0) is 66.4 Å². The zero-order valence-corrected chi connectivity index (χ0v) is 40.7. The van der Waals surface area contributed by atoms with Gasteiger partial charge in [0.2, 0.25) is 0 Å². The molecule has 14 heteroatoms. The van der Waals surface area contributed by atoms with Crippen molar-refractivity contribution in [2.24, 2.45) is 0 Å². The summed E-state index contributed by atoms with van der Waals surface area (Å²) in [6, 6.07) is 0. The van der Waals surface area contributed by atoms with Gasteiger partial charge in [-0.25, -0.2) is 0 Å². The maximum absolute atomic E-state index is 11.9. The van der Waals surface area contributed by atoms with Gasteiger partial charge in [0.15, 0.2) is 0 Å². The van der Waals surface area contributed by atoms with E-state index in [0.29, 0.717) is 158 Å². The molecule has 0 saturated heterocycles. The van der Waals surface area contributed by atoms with Crippen LogP contribution >= 0.6 is 0 Å². The molecule has 0 aliphatic heterocycles. The van der Waals surface area contributed by atoms with Crippen LogP contribution in [0.1, 0.15) is 149 Å².